The van der Waals surface area contributed by atoms with Gasteiger partial charge in [-0.3, -0.25) is 15.1 Å². The minimum atomic E-state index is -0.415. The van der Waals surface area contributed by atoms with E-state index in [-0.39, 0.29) is 5.52 Å². The number of aromatic amines is 2. The summed E-state index contributed by atoms with van der Waals surface area (Å²) in [6.07, 6.45) is 7.01. The number of hydrogen-bond acceptors (Lipinski definition) is 6. The van der Waals surface area contributed by atoms with Crippen LogP contribution in [0, 0.1) is 5.82 Å². The number of fused-ring (bicyclic) bond motifs is 2. The van der Waals surface area contributed by atoms with Crippen molar-refractivity contribution < 1.29 is 4.39 Å². The lowest BCUT2D eigenvalue weighted by Gasteiger charge is -2.10. The van der Waals surface area contributed by atoms with Crippen molar-refractivity contribution in [2.24, 2.45) is 0 Å². The third-order valence-electron chi connectivity index (χ3n) is 5.81. The third kappa shape index (κ3) is 3.81. The molecule has 6 rings (SSSR count). The Morgan fingerprint density at radius 2 is 1.89 bits per heavy atom. The first-order valence-corrected chi connectivity index (χ1v) is 11.1. The van der Waals surface area contributed by atoms with E-state index in [1.807, 2.05) is 56.7 Å². The molecule has 0 saturated carbocycles. The Kier molecular flexibility index (Phi) is 5.04. The van der Waals surface area contributed by atoms with Gasteiger partial charge in [-0.2, -0.15) is 5.10 Å². The third-order valence-corrected chi connectivity index (χ3v) is 5.81. The highest BCUT2D eigenvalue weighted by molar-refractivity contribution is 5.97. The topological polar surface area (TPSA) is 99.3 Å². The van der Waals surface area contributed by atoms with Crippen LogP contribution in [0.25, 0.3) is 56.0 Å². The van der Waals surface area contributed by atoms with Crippen molar-refractivity contribution in [2.45, 2.75) is 6.54 Å². The molecule has 35 heavy (non-hydrogen) atoms. The standard InChI is InChI=1S/C26H21FN8/c1-35(2)14-15-9-17(13-28-12-15)16-10-19-22(20(27)11-16)33-34-24(19)26-31-23-18(6-8-30-25(23)32-26)21-5-3-4-7-29-21/h3-13H,14H2,1-2H3,(H,33,34)(H,30,31,32). The van der Waals surface area contributed by atoms with Gasteiger partial charge in [-0.15, -0.1) is 0 Å². The van der Waals surface area contributed by atoms with Crippen molar-refractivity contribution in [3.05, 3.63) is 78.6 Å². The van der Waals surface area contributed by atoms with Crippen LogP contribution in [0.5, 0.6) is 0 Å². The summed E-state index contributed by atoms with van der Waals surface area (Å²) in [6.45, 7) is 0.743. The Bertz CT molecular complexity index is 1670. The molecule has 0 amide bonds. The van der Waals surface area contributed by atoms with Gasteiger partial charge in [0.15, 0.2) is 17.3 Å². The van der Waals surface area contributed by atoms with Crippen molar-refractivity contribution in [1.82, 2.24) is 40.0 Å². The number of benzene rings is 1. The maximum Gasteiger partial charge on any atom is 0.178 e. The van der Waals surface area contributed by atoms with Crippen LogP contribution in [0.15, 0.2) is 67.3 Å². The van der Waals surface area contributed by atoms with Gasteiger partial charge in [0.1, 0.15) is 11.2 Å². The van der Waals surface area contributed by atoms with E-state index in [9.17, 15) is 0 Å². The Hall–Kier alpha value is -4.50. The van der Waals surface area contributed by atoms with Gasteiger partial charge in [-0.1, -0.05) is 6.07 Å². The van der Waals surface area contributed by atoms with Gasteiger partial charge in [0.2, 0.25) is 0 Å². The molecule has 0 fully saturated rings. The molecule has 5 aromatic heterocycles. The fourth-order valence-electron chi connectivity index (χ4n) is 4.28. The largest absolute Gasteiger partial charge is 0.335 e. The first-order chi connectivity index (χ1) is 17.1. The molecule has 9 heteroatoms. The van der Waals surface area contributed by atoms with Crippen LogP contribution in [0.1, 0.15) is 5.56 Å². The molecule has 0 aliphatic heterocycles. The molecular weight excluding hydrogens is 443 g/mol. The lowest BCUT2D eigenvalue weighted by atomic mass is 10.0. The summed E-state index contributed by atoms with van der Waals surface area (Å²) in [5.41, 5.74) is 6.42. The molecule has 6 aromatic rings. The molecule has 0 aliphatic carbocycles. The average Bonchev–Trinajstić information content (AvgIpc) is 3.48. The molecule has 2 N–H and O–H groups in total. The fraction of sp³-hybridized carbons (Fsp3) is 0.115. The van der Waals surface area contributed by atoms with E-state index in [1.54, 1.807) is 18.6 Å². The quantitative estimate of drug-likeness (QED) is 0.379. The van der Waals surface area contributed by atoms with Gasteiger partial charge < -0.3 is 9.88 Å². The van der Waals surface area contributed by atoms with Crippen LogP contribution in [0.3, 0.4) is 0 Å². The number of H-pyrrole nitrogens is 2. The summed E-state index contributed by atoms with van der Waals surface area (Å²) in [4.78, 5) is 23.3. The summed E-state index contributed by atoms with van der Waals surface area (Å²) in [6, 6.07) is 13.0. The number of imidazole rings is 1. The minimum Gasteiger partial charge on any atom is -0.335 e. The van der Waals surface area contributed by atoms with Gasteiger partial charge in [-0.25, -0.2) is 14.4 Å². The van der Waals surface area contributed by atoms with Gasteiger partial charge in [0.25, 0.3) is 0 Å². The molecule has 0 aliphatic rings. The van der Waals surface area contributed by atoms with Crippen LogP contribution >= 0.6 is 0 Å². The smallest absolute Gasteiger partial charge is 0.178 e. The van der Waals surface area contributed by atoms with Crippen LogP contribution in [0.4, 0.5) is 4.39 Å². The molecule has 0 atom stereocenters. The summed E-state index contributed by atoms with van der Waals surface area (Å²) < 4.78 is 15.1. The second-order valence-electron chi connectivity index (χ2n) is 8.63. The lowest BCUT2D eigenvalue weighted by molar-refractivity contribution is 0.402. The fourth-order valence-corrected chi connectivity index (χ4v) is 4.28. The number of hydrogen-bond donors (Lipinski definition) is 2. The molecule has 0 bridgehead atoms. The normalized spacial score (nSPS) is 11.7. The van der Waals surface area contributed by atoms with Crippen molar-refractivity contribution in [3.8, 4) is 33.9 Å². The maximum absolute atomic E-state index is 15.1. The first-order valence-electron chi connectivity index (χ1n) is 11.1. The number of pyridine rings is 3. The number of nitrogens with one attached hydrogen (secondary N) is 2. The van der Waals surface area contributed by atoms with E-state index < -0.39 is 5.82 Å². The second kappa shape index (κ2) is 8.37. The van der Waals surface area contributed by atoms with E-state index >= 15 is 4.39 Å². The highest BCUT2D eigenvalue weighted by Gasteiger charge is 2.18. The van der Waals surface area contributed by atoms with Gasteiger partial charge in [0, 0.05) is 47.8 Å². The first kappa shape index (κ1) is 21.1. The Morgan fingerprint density at radius 1 is 0.971 bits per heavy atom. The van der Waals surface area contributed by atoms with E-state index in [2.05, 4.69) is 40.0 Å². The molecule has 5 heterocycles. The number of nitrogens with zero attached hydrogens (tertiary/aromatic N) is 6. The molecule has 172 valence electrons. The Morgan fingerprint density at radius 3 is 2.71 bits per heavy atom. The Balaban J connectivity index is 1.48. The summed E-state index contributed by atoms with van der Waals surface area (Å²) in [7, 11) is 4.00. The van der Waals surface area contributed by atoms with Gasteiger partial charge >= 0.3 is 0 Å². The zero-order valence-electron chi connectivity index (χ0n) is 19.1. The summed E-state index contributed by atoms with van der Waals surface area (Å²) >= 11 is 0. The SMILES string of the molecule is CN(C)Cc1cncc(-c2cc(F)c3n[nH]c(-c4nc5nccc(-c6ccccn6)c5[nH]4)c3c2)c1. The van der Waals surface area contributed by atoms with Crippen LogP contribution in [0.2, 0.25) is 0 Å². The van der Waals surface area contributed by atoms with E-state index in [0.29, 0.717) is 28.1 Å². The highest BCUT2D eigenvalue weighted by Crippen LogP contribution is 2.33. The number of rotatable bonds is 5. The predicted octanol–water partition coefficient (Wildman–Crippen LogP) is 4.83. The zero-order valence-corrected chi connectivity index (χ0v) is 19.1. The minimum absolute atomic E-state index is 0.250. The molecular formula is C26H21FN8. The lowest BCUT2D eigenvalue weighted by Crippen LogP contribution is -2.10. The molecule has 0 radical (unpaired) electrons. The van der Waals surface area contributed by atoms with Crippen LogP contribution < -0.4 is 0 Å². The summed E-state index contributed by atoms with van der Waals surface area (Å²) in [5.74, 6) is 0.107. The van der Waals surface area contributed by atoms with Crippen LogP contribution in [-0.2, 0) is 6.54 Å². The molecule has 0 spiro atoms. The number of aromatic nitrogens is 7. The van der Waals surface area contributed by atoms with Crippen molar-refractivity contribution in [3.63, 3.8) is 0 Å². The van der Waals surface area contributed by atoms with E-state index in [0.717, 1.165) is 34.4 Å². The zero-order chi connectivity index (χ0) is 23.9. The van der Waals surface area contributed by atoms with Crippen LogP contribution in [-0.4, -0.2) is 54.1 Å². The van der Waals surface area contributed by atoms with E-state index in [4.69, 9.17) is 0 Å². The average molecular weight is 465 g/mol. The monoisotopic (exact) mass is 464 g/mol. The van der Waals surface area contributed by atoms with E-state index in [1.165, 1.54) is 6.07 Å². The van der Waals surface area contributed by atoms with Crippen molar-refractivity contribution in [2.75, 3.05) is 14.1 Å². The van der Waals surface area contributed by atoms with Crippen molar-refractivity contribution >= 4 is 22.1 Å². The maximum atomic E-state index is 15.1. The molecule has 8 nitrogen and oxygen atoms in total. The van der Waals surface area contributed by atoms with Gasteiger partial charge in [0.05, 0.1) is 11.2 Å². The molecule has 1 aromatic carbocycles. The number of halogens is 1. The van der Waals surface area contributed by atoms with Crippen molar-refractivity contribution in [1.29, 1.82) is 0 Å². The predicted molar refractivity (Wildman–Crippen MR) is 133 cm³/mol. The highest BCUT2D eigenvalue weighted by atomic mass is 19.1. The Labute approximate surface area is 199 Å². The summed E-state index contributed by atoms with van der Waals surface area (Å²) in [5, 5.41) is 7.80. The molecule has 0 saturated heterocycles. The molecule has 0 unspecified atom stereocenters. The van der Waals surface area contributed by atoms with Gasteiger partial charge in [-0.05, 0) is 61.6 Å². The second-order valence-corrected chi connectivity index (χ2v) is 8.63.